The number of rotatable bonds is 6. The second kappa shape index (κ2) is 6.90. The van der Waals surface area contributed by atoms with Crippen molar-refractivity contribution in [2.75, 3.05) is 25.6 Å². The zero-order valence-electron chi connectivity index (χ0n) is 12.9. The molecule has 3 aromatic rings. The Balaban J connectivity index is 1.94. The van der Waals surface area contributed by atoms with Gasteiger partial charge in [0.25, 0.3) is 0 Å². The molecule has 1 N–H and O–H groups in total. The minimum atomic E-state index is 0.637. The lowest BCUT2D eigenvalue weighted by atomic mass is 10.1. The molecule has 0 fully saturated rings. The number of anilines is 1. The third kappa shape index (κ3) is 3.30. The normalized spacial score (nSPS) is 10.6. The predicted molar refractivity (Wildman–Crippen MR) is 88.1 cm³/mol. The zero-order chi connectivity index (χ0) is 16.1. The first kappa shape index (κ1) is 15.0. The monoisotopic (exact) mass is 307 g/mol. The molecule has 0 saturated heterocycles. The number of nitrogens with one attached hydrogen (secondary N) is 1. The van der Waals surface area contributed by atoms with Crippen molar-refractivity contribution in [3.05, 3.63) is 48.3 Å². The Morgan fingerprint density at radius 2 is 2.09 bits per heavy atom. The molecule has 0 aliphatic heterocycles. The van der Waals surface area contributed by atoms with Gasteiger partial charge in [0.2, 0.25) is 0 Å². The van der Waals surface area contributed by atoms with Gasteiger partial charge in [-0.25, -0.2) is 9.50 Å². The summed E-state index contributed by atoms with van der Waals surface area (Å²) in [5.74, 6) is 0. The molecule has 23 heavy (non-hydrogen) atoms. The standard InChI is InChI=1S/C17H17N5O/c1-23-8-2-7-19-15-9-16(22-17(10-15)20-12-21-22)14-5-3-13(11-18)4-6-14/h3-6,9-10,12,19H,2,7-8H2,1H3. The van der Waals surface area contributed by atoms with E-state index < -0.39 is 0 Å². The molecule has 0 aliphatic carbocycles. The van der Waals surface area contributed by atoms with Crippen molar-refractivity contribution in [2.24, 2.45) is 0 Å². The van der Waals surface area contributed by atoms with Crippen LogP contribution in [0, 0.1) is 11.3 Å². The second-order valence-corrected chi connectivity index (χ2v) is 5.12. The van der Waals surface area contributed by atoms with Gasteiger partial charge >= 0.3 is 0 Å². The summed E-state index contributed by atoms with van der Waals surface area (Å²) >= 11 is 0. The van der Waals surface area contributed by atoms with Gasteiger partial charge in [0.05, 0.1) is 17.3 Å². The maximum Gasteiger partial charge on any atom is 0.158 e. The number of methoxy groups -OCH3 is 1. The van der Waals surface area contributed by atoms with E-state index in [2.05, 4.69) is 21.5 Å². The first-order valence-corrected chi connectivity index (χ1v) is 7.39. The van der Waals surface area contributed by atoms with Gasteiger partial charge in [0.15, 0.2) is 5.65 Å². The highest BCUT2D eigenvalue weighted by Gasteiger charge is 2.08. The van der Waals surface area contributed by atoms with Crippen molar-refractivity contribution in [1.82, 2.24) is 14.6 Å². The summed E-state index contributed by atoms with van der Waals surface area (Å²) in [5, 5.41) is 16.6. The number of aromatic nitrogens is 3. The summed E-state index contributed by atoms with van der Waals surface area (Å²) < 4.78 is 6.85. The highest BCUT2D eigenvalue weighted by atomic mass is 16.5. The molecular weight excluding hydrogens is 290 g/mol. The Bertz CT molecular complexity index is 832. The van der Waals surface area contributed by atoms with Crippen molar-refractivity contribution in [1.29, 1.82) is 5.26 Å². The average molecular weight is 307 g/mol. The zero-order valence-corrected chi connectivity index (χ0v) is 12.9. The summed E-state index contributed by atoms with van der Waals surface area (Å²) in [5.41, 5.74) is 4.32. The van der Waals surface area contributed by atoms with Crippen molar-refractivity contribution >= 4 is 11.3 Å². The molecular formula is C17H17N5O. The minimum Gasteiger partial charge on any atom is -0.385 e. The van der Waals surface area contributed by atoms with Crippen LogP contribution in [0.1, 0.15) is 12.0 Å². The first-order chi connectivity index (χ1) is 11.3. The number of fused-ring (bicyclic) bond motifs is 1. The topological polar surface area (TPSA) is 75.2 Å². The van der Waals surface area contributed by atoms with Crippen LogP contribution in [0.25, 0.3) is 16.9 Å². The van der Waals surface area contributed by atoms with Crippen molar-refractivity contribution < 1.29 is 4.74 Å². The van der Waals surface area contributed by atoms with Gasteiger partial charge in [-0.3, -0.25) is 0 Å². The summed E-state index contributed by atoms with van der Waals surface area (Å²) in [6.07, 6.45) is 2.47. The number of nitrogens with zero attached hydrogens (tertiary/aromatic N) is 4. The fourth-order valence-corrected chi connectivity index (χ4v) is 2.40. The van der Waals surface area contributed by atoms with Gasteiger partial charge in [-0.1, -0.05) is 12.1 Å². The van der Waals surface area contributed by atoms with E-state index in [9.17, 15) is 0 Å². The number of hydrogen-bond acceptors (Lipinski definition) is 5. The minimum absolute atomic E-state index is 0.637. The molecule has 3 rings (SSSR count). The van der Waals surface area contributed by atoms with E-state index in [-0.39, 0.29) is 0 Å². The van der Waals surface area contributed by atoms with Crippen LogP contribution in [0.3, 0.4) is 0 Å². The predicted octanol–water partition coefficient (Wildman–Crippen LogP) is 2.72. The number of hydrogen-bond donors (Lipinski definition) is 1. The van der Waals surface area contributed by atoms with E-state index >= 15 is 0 Å². The lowest BCUT2D eigenvalue weighted by Gasteiger charge is -2.10. The van der Waals surface area contributed by atoms with Crippen molar-refractivity contribution in [3.63, 3.8) is 0 Å². The molecule has 0 amide bonds. The van der Waals surface area contributed by atoms with E-state index in [1.165, 1.54) is 6.33 Å². The highest BCUT2D eigenvalue weighted by Crippen LogP contribution is 2.24. The maximum atomic E-state index is 8.92. The van der Waals surface area contributed by atoms with Crippen LogP contribution in [0.2, 0.25) is 0 Å². The molecule has 2 aromatic heterocycles. The molecule has 0 bridgehead atoms. The van der Waals surface area contributed by atoms with E-state index in [0.29, 0.717) is 5.56 Å². The number of pyridine rings is 1. The van der Waals surface area contributed by atoms with Gasteiger partial charge in [-0.2, -0.15) is 10.4 Å². The molecule has 6 heteroatoms. The van der Waals surface area contributed by atoms with Crippen LogP contribution in [-0.4, -0.2) is 34.9 Å². The van der Waals surface area contributed by atoms with Gasteiger partial charge < -0.3 is 10.1 Å². The van der Waals surface area contributed by atoms with Crippen LogP contribution in [0.4, 0.5) is 5.69 Å². The number of nitriles is 1. The van der Waals surface area contributed by atoms with E-state index in [0.717, 1.165) is 42.2 Å². The molecule has 0 saturated carbocycles. The SMILES string of the molecule is COCCCNc1cc(-c2ccc(C#N)cc2)n2ncnc2c1. The Morgan fingerprint density at radius 3 is 2.83 bits per heavy atom. The summed E-state index contributed by atoms with van der Waals surface area (Å²) in [4.78, 5) is 4.28. The number of ether oxygens (including phenoxy) is 1. The molecule has 1 aromatic carbocycles. The largest absolute Gasteiger partial charge is 0.385 e. The summed E-state index contributed by atoms with van der Waals surface area (Å²) in [7, 11) is 1.70. The van der Waals surface area contributed by atoms with Crippen LogP contribution in [-0.2, 0) is 4.74 Å². The molecule has 0 unspecified atom stereocenters. The van der Waals surface area contributed by atoms with Gasteiger partial charge in [-0.15, -0.1) is 0 Å². The van der Waals surface area contributed by atoms with Crippen molar-refractivity contribution in [2.45, 2.75) is 6.42 Å². The fraction of sp³-hybridized carbons (Fsp3) is 0.235. The smallest absolute Gasteiger partial charge is 0.158 e. The van der Waals surface area contributed by atoms with E-state index in [1.807, 2.05) is 24.3 Å². The van der Waals surface area contributed by atoms with Gasteiger partial charge in [0, 0.05) is 37.6 Å². The molecule has 0 spiro atoms. The molecule has 2 heterocycles. The molecule has 0 atom stereocenters. The van der Waals surface area contributed by atoms with Crippen molar-refractivity contribution in [3.8, 4) is 17.3 Å². The second-order valence-electron chi connectivity index (χ2n) is 5.12. The van der Waals surface area contributed by atoms with Crippen LogP contribution in [0.15, 0.2) is 42.7 Å². The maximum absolute atomic E-state index is 8.92. The fourth-order valence-electron chi connectivity index (χ4n) is 2.40. The van der Waals surface area contributed by atoms with Crippen LogP contribution < -0.4 is 5.32 Å². The third-order valence-electron chi connectivity index (χ3n) is 3.54. The Hall–Kier alpha value is -2.91. The highest BCUT2D eigenvalue weighted by molar-refractivity contribution is 5.70. The third-order valence-corrected chi connectivity index (χ3v) is 3.54. The number of benzene rings is 1. The molecule has 0 aliphatic rings. The Labute approximate surface area is 134 Å². The van der Waals surface area contributed by atoms with Gasteiger partial charge in [0.1, 0.15) is 6.33 Å². The lowest BCUT2D eigenvalue weighted by molar-refractivity contribution is 0.198. The summed E-state index contributed by atoms with van der Waals surface area (Å²) in [6, 6.07) is 13.6. The first-order valence-electron chi connectivity index (χ1n) is 7.39. The quantitative estimate of drug-likeness (QED) is 0.709. The Kier molecular flexibility index (Phi) is 4.50. The molecule has 0 radical (unpaired) electrons. The van der Waals surface area contributed by atoms with E-state index in [4.69, 9.17) is 10.00 Å². The van der Waals surface area contributed by atoms with Crippen LogP contribution >= 0.6 is 0 Å². The van der Waals surface area contributed by atoms with Gasteiger partial charge in [-0.05, 0) is 24.6 Å². The average Bonchev–Trinajstić information content (AvgIpc) is 3.06. The molecule has 116 valence electrons. The molecule has 6 nitrogen and oxygen atoms in total. The Morgan fingerprint density at radius 1 is 1.26 bits per heavy atom. The summed E-state index contributed by atoms with van der Waals surface area (Å²) in [6.45, 7) is 1.55. The lowest BCUT2D eigenvalue weighted by Crippen LogP contribution is -2.06. The van der Waals surface area contributed by atoms with Crippen LogP contribution in [0.5, 0.6) is 0 Å². The van der Waals surface area contributed by atoms with E-state index in [1.54, 1.807) is 23.8 Å².